The van der Waals surface area contributed by atoms with Crippen molar-refractivity contribution in [1.29, 1.82) is 0 Å². The van der Waals surface area contributed by atoms with Crippen LogP contribution in [0.2, 0.25) is 0 Å². The minimum Gasteiger partial charge on any atom is -0.395 e. The number of anilines is 3. The lowest BCUT2D eigenvalue weighted by Gasteiger charge is -2.35. The van der Waals surface area contributed by atoms with Crippen LogP contribution in [0.4, 0.5) is 17.3 Å². The Morgan fingerprint density at radius 3 is 2.77 bits per heavy atom. The Bertz CT molecular complexity index is 451. The molecule has 8 nitrogen and oxygen atoms in total. The molecule has 0 bridgehead atoms. The van der Waals surface area contributed by atoms with Crippen molar-refractivity contribution < 1.29 is 9.84 Å². The van der Waals surface area contributed by atoms with E-state index in [1.165, 1.54) is 0 Å². The highest BCUT2D eigenvalue weighted by molar-refractivity contribution is 5.74. The van der Waals surface area contributed by atoms with Gasteiger partial charge in [-0.3, -0.25) is 4.90 Å². The second-order valence-electron chi connectivity index (χ2n) is 5.28. The van der Waals surface area contributed by atoms with Gasteiger partial charge in [0, 0.05) is 53.0 Å². The highest BCUT2D eigenvalue weighted by Crippen LogP contribution is 2.26. The van der Waals surface area contributed by atoms with Gasteiger partial charge in [-0.05, 0) is 6.42 Å². The normalized spacial score (nSPS) is 16.0. The summed E-state index contributed by atoms with van der Waals surface area (Å²) in [5, 5.41) is 12.2. The van der Waals surface area contributed by atoms with Gasteiger partial charge < -0.3 is 25.8 Å². The maximum atomic E-state index is 8.99. The van der Waals surface area contributed by atoms with E-state index >= 15 is 0 Å². The van der Waals surface area contributed by atoms with Gasteiger partial charge >= 0.3 is 0 Å². The molecule has 0 aromatic carbocycles. The number of hydrogen-bond donors (Lipinski definition) is 3. The Hall–Kier alpha value is -1.64. The molecule has 0 atom stereocenters. The lowest BCUT2D eigenvalue weighted by molar-refractivity contribution is 0.188. The summed E-state index contributed by atoms with van der Waals surface area (Å²) in [6.07, 6.45) is 2.44. The molecule has 8 heteroatoms. The number of nitrogen functional groups attached to an aromatic ring is 1. The molecule has 1 aliphatic rings. The summed E-state index contributed by atoms with van der Waals surface area (Å²) in [7, 11) is 1.69. The van der Waals surface area contributed by atoms with Crippen molar-refractivity contribution in [2.45, 2.75) is 6.42 Å². The Morgan fingerprint density at radius 1 is 1.32 bits per heavy atom. The molecule has 22 heavy (non-hydrogen) atoms. The Balaban J connectivity index is 1.94. The van der Waals surface area contributed by atoms with Crippen molar-refractivity contribution in [2.24, 2.45) is 0 Å². The second-order valence-corrected chi connectivity index (χ2v) is 5.28. The molecule has 124 valence electrons. The third kappa shape index (κ3) is 4.43. The summed E-state index contributed by atoms with van der Waals surface area (Å²) >= 11 is 0. The van der Waals surface area contributed by atoms with Crippen LogP contribution in [0.5, 0.6) is 0 Å². The number of ether oxygens (including phenoxy) is 1. The monoisotopic (exact) mass is 310 g/mol. The zero-order valence-electron chi connectivity index (χ0n) is 13.2. The molecule has 2 heterocycles. The van der Waals surface area contributed by atoms with Gasteiger partial charge in [-0.2, -0.15) is 0 Å². The summed E-state index contributed by atoms with van der Waals surface area (Å²) < 4.78 is 5.02. The van der Waals surface area contributed by atoms with E-state index in [0.29, 0.717) is 18.1 Å². The number of rotatable bonds is 8. The van der Waals surface area contributed by atoms with Crippen LogP contribution in [-0.4, -0.2) is 79.6 Å². The first-order valence-corrected chi connectivity index (χ1v) is 7.67. The van der Waals surface area contributed by atoms with E-state index in [4.69, 9.17) is 15.6 Å². The van der Waals surface area contributed by atoms with Crippen LogP contribution in [0.15, 0.2) is 6.33 Å². The molecule has 0 aliphatic carbocycles. The topological polar surface area (TPSA) is 99.8 Å². The van der Waals surface area contributed by atoms with E-state index in [1.54, 1.807) is 13.4 Å². The van der Waals surface area contributed by atoms with Gasteiger partial charge in [-0.1, -0.05) is 0 Å². The van der Waals surface area contributed by atoms with Crippen LogP contribution in [0.25, 0.3) is 0 Å². The number of hydrogen-bond acceptors (Lipinski definition) is 8. The smallest absolute Gasteiger partial charge is 0.157 e. The SMILES string of the molecule is COCCCNc1ncnc(N2CCN(CCO)CC2)c1N. The van der Waals surface area contributed by atoms with Crippen LogP contribution in [0.1, 0.15) is 6.42 Å². The minimum atomic E-state index is 0.200. The molecule has 0 unspecified atom stereocenters. The van der Waals surface area contributed by atoms with E-state index in [1.807, 2.05) is 0 Å². The Labute approximate surface area is 131 Å². The van der Waals surface area contributed by atoms with Crippen molar-refractivity contribution in [2.75, 3.05) is 75.5 Å². The van der Waals surface area contributed by atoms with E-state index < -0.39 is 0 Å². The zero-order chi connectivity index (χ0) is 15.8. The maximum absolute atomic E-state index is 8.99. The lowest BCUT2D eigenvalue weighted by Crippen LogP contribution is -2.47. The fourth-order valence-corrected chi connectivity index (χ4v) is 2.53. The molecular formula is C14H26N6O2. The summed E-state index contributed by atoms with van der Waals surface area (Å²) in [4.78, 5) is 13.0. The Morgan fingerprint density at radius 2 is 2.09 bits per heavy atom. The van der Waals surface area contributed by atoms with Crippen molar-refractivity contribution >= 4 is 17.3 Å². The first-order chi connectivity index (χ1) is 10.8. The van der Waals surface area contributed by atoms with E-state index in [2.05, 4.69) is 25.1 Å². The first-order valence-electron chi connectivity index (χ1n) is 7.67. The average molecular weight is 310 g/mol. The fraction of sp³-hybridized carbons (Fsp3) is 0.714. The predicted molar refractivity (Wildman–Crippen MR) is 87.2 cm³/mol. The minimum absolute atomic E-state index is 0.200. The second kappa shape index (κ2) is 8.72. The number of nitrogens with one attached hydrogen (secondary N) is 1. The van der Waals surface area contributed by atoms with Crippen molar-refractivity contribution in [3.05, 3.63) is 6.33 Å². The third-order valence-corrected chi connectivity index (χ3v) is 3.77. The van der Waals surface area contributed by atoms with Gasteiger partial charge in [-0.25, -0.2) is 9.97 Å². The highest BCUT2D eigenvalue weighted by Gasteiger charge is 2.20. The quantitative estimate of drug-likeness (QED) is 0.559. The number of aliphatic hydroxyl groups excluding tert-OH is 1. The molecule has 0 radical (unpaired) electrons. The van der Waals surface area contributed by atoms with Crippen LogP contribution >= 0.6 is 0 Å². The molecule has 1 aliphatic heterocycles. The molecule has 1 aromatic heterocycles. The van der Waals surface area contributed by atoms with Crippen LogP contribution in [-0.2, 0) is 4.74 Å². The number of β-amino-alcohol motifs (C(OH)–C–C–N with tert-alkyl or cyclic N) is 1. The number of aliphatic hydroxyl groups is 1. The van der Waals surface area contributed by atoms with Crippen molar-refractivity contribution in [3.63, 3.8) is 0 Å². The van der Waals surface area contributed by atoms with Crippen molar-refractivity contribution in [3.8, 4) is 0 Å². The standard InChI is InChI=1S/C14H26N6O2/c1-22-10-2-3-16-13-12(15)14(18-11-17-13)20-6-4-19(5-7-20)8-9-21/h11,21H,2-10,15H2,1H3,(H,16,17,18). The molecule has 1 saturated heterocycles. The predicted octanol–water partition coefficient (Wildman–Crippen LogP) is -0.378. The molecule has 4 N–H and O–H groups in total. The zero-order valence-corrected chi connectivity index (χ0v) is 13.2. The molecular weight excluding hydrogens is 284 g/mol. The Kier molecular flexibility index (Phi) is 6.63. The maximum Gasteiger partial charge on any atom is 0.157 e. The molecule has 0 amide bonds. The third-order valence-electron chi connectivity index (χ3n) is 3.77. The van der Waals surface area contributed by atoms with Gasteiger partial charge in [0.05, 0.1) is 6.61 Å². The summed E-state index contributed by atoms with van der Waals surface area (Å²) in [6, 6.07) is 0. The first kappa shape index (κ1) is 16.7. The number of nitrogens with two attached hydrogens (primary N) is 1. The molecule has 0 saturated carbocycles. The number of methoxy groups -OCH3 is 1. The lowest BCUT2D eigenvalue weighted by atomic mass is 10.3. The summed E-state index contributed by atoms with van der Waals surface area (Å²) in [5.41, 5.74) is 6.80. The largest absolute Gasteiger partial charge is 0.395 e. The van der Waals surface area contributed by atoms with Gasteiger partial charge in [-0.15, -0.1) is 0 Å². The van der Waals surface area contributed by atoms with E-state index in [0.717, 1.165) is 51.5 Å². The summed E-state index contributed by atoms with van der Waals surface area (Å²) in [5.74, 6) is 1.46. The van der Waals surface area contributed by atoms with Gasteiger partial charge in [0.25, 0.3) is 0 Å². The van der Waals surface area contributed by atoms with E-state index in [9.17, 15) is 0 Å². The molecule has 1 aromatic rings. The molecule has 1 fully saturated rings. The number of piperazine rings is 1. The molecule has 2 rings (SSSR count). The van der Waals surface area contributed by atoms with Crippen LogP contribution in [0, 0.1) is 0 Å². The van der Waals surface area contributed by atoms with Crippen LogP contribution < -0.4 is 16.0 Å². The summed E-state index contributed by atoms with van der Waals surface area (Å²) in [6.45, 7) is 5.90. The fourth-order valence-electron chi connectivity index (χ4n) is 2.53. The average Bonchev–Trinajstić information content (AvgIpc) is 2.54. The van der Waals surface area contributed by atoms with Gasteiger partial charge in [0.1, 0.15) is 12.0 Å². The van der Waals surface area contributed by atoms with Gasteiger partial charge in [0.15, 0.2) is 11.6 Å². The van der Waals surface area contributed by atoms with Gasteiger partial charge in [0.2, 0.25) is 0 Å². The number of nitrogens with zero attached hydrogens (tertiary/aromatic N) is 4. The van der Waals surface area contributed by atoms with Crippen LogP contribution in [0.3, 0.4) is 0 Å². The molecule has 0 spiro atoms. The van der Waals surface area contributed by atoms with E-state index in [-0.39, 0.29) is 6.61 Å². The highest BCUT2D eigenvalue weighted by atomic mass is 16.5. The number of aromatic nitrogens is 2. The van der Waals surface area contributed by atoms with Crippen molar-refractivity contribution in [1.82, 2.24) is 14.9 Å².